The van der Waals surface area contributed by atoms with E-state index >= 15 is 0 Å². The fourth-order valence-corrected chi connectivity index (χ4v) is 3.12. The van der Waals surface area contributed by atoms with Crippen molar-refractivity contribution in [2.45, 2.75) is 39.7 Å². The summed E-state index contributed by atoms with van der Waals surface area (Å²) in [5.41, 5.74) is 2.89. The quantitative estimate of drug-likeness (QED) is 0.811. The highest BCUT2D eigenvalue weighted by molar-refractivity contribution is 5.93. The van der Waals surface area contributed by atoms with Crippen LogP contribution in [0.4, 0.5) is 0 Å². The molecule has 1 saturated heterocycles. The van der Waals surface area contributed by atoms with Crippen LogP contribution in [0.15, 0.2) is 30.3 Å². The van der Waals surface area contributed by atoms with Gasteiger partial charge in [-0.3, -0.25) is 9.48 Å². The van der Waals surface area contributed by atoms with Crippen molar-refractivity contribution in [2.75, 3.05) is 13.1 Å². The lowest BCUT2D eigenvalue weighted by Crippen LogP contribution is -2.56. The minimum atomic E-state index is 0.0344. The van der Waals surface area contributed by atoms with Crippen molar-refractivity contribution in [1.82, 2.24) is 14.7 Å². The van der Waals surface area contributed by atoms with E-state index in [9.17, 15) is 4.79 Å². The first-order valence-corrected chi connectivity index (χ1v) is 9.04. The lowest BCUT2D eigenvalue weighted by molar-refractivity contribution is 0.0169. The monoisotopic (exact) mass is 341 g/mol. The molecular formula is C20H27N3O2. The van der Waals surface area contributed by atoms with Crippen LogP contribution >= 0.6 is 0 Å². The highest BCUT2D eigenvalue weighted by atomic mass is 16.5. The number of benzene rings is 1. The molecule has 0 atom stereocenters. The molecule has 5 heteroatoms. The van der Waals surface area contributed by atoms with Gasteiger partial charge in [0.1, 0.15) is 17.5 Å². The van der Waals surface area contributed by atoms with Crippen molar-refractivity contribution in [2.24, 2.45) is 13.0 Å². The Kier molecular flexibility index (Phi) is 5.11. The van der Waals surface area contributed by atoms with Gasteiger partial charge >= 0.3 is 0 Å². The molecule has 0 aliphatic carbocycles. The number of amides is 1. The van der Waals surface area contributed by atoms with E-state index in [0.717, 1.165) is 24.3 Å². The van der Waals surface area contributed by atoms with E-state index in [1.54, 1.807) is 4.68 Å². The summed E-state index contributed by atoms with van der Waals surface area (Å²) in [5, 5.41) is 4.46. The molecule has 1 fully saturated rings. The Bertz CT molecular complexity index is 745. The zero-order valence-electron chi connectivity index (χ0n) is 15.5. The van der Waals surface area contributed by atoms with E-state index in [-0.39, 0.29) is 12.0 Å². The Morgan fingerprint density at radius 2 is 2.08 bits per heavy atom. The van der Waals surface area contributed by atoms with Gasteiger partial charge in [0.15, 0.2) is 0 Å². The summed E-state index contributed by atoms with van der Waals surface area (Å²) in [6, 6.07) is 10.1. The Labute approximate surface area is 149 Å². The maximum Gasteiger partial charge on any atom is 0.272 e. The summed E-state index contributed by atoms with van der Waals surface area (Å²) < 4.78 is 7.67. The standard InChI is InChI=1S/C20H27N3O2/c1-5-15-7-6-8-17(10-15)25-18-12-23(13-18)20(24)19-11-16(9-14(2)3)21-22(19)4/h6-8,10-11,14,18H,5,9,12-13H2,1-4H3. The van der Waals surface area contributed by atoms with Gasteiger partial charge in [0.2, 0.25) is 0 Å². The van der Waals surface area contributed by atoms with Crippen LogP contribution in [-0.4, -0.2) is 39.8 Å². The minimum Gasteiger partial charge on any atom is -0.487 e. The Morgan fingerprint density at radius 1 is 1.32 bits per heavy atom. The summed E-state index contributed by atoms with van der Waals surface area (Å²) >= 11 is 0. The van der Waals surface area contributed by atoms with Gasteiger partial charge < -0.3 is 9.64 Å². The first-order valence-electron chi connectivity index (χ1n) is 9.04. The number of carbonyl (C=O) groups is 1. The molecule has 0 saturated carbocycles. The lowest BCUT2D eigenvalue weighted by Gasteiger charge is -2.38. The van der Waals surface area contributed by atoms with E-state index in [1.807, 2.05) is 30.1 Å². The second-order valence-corrected chi connectivity index (χ2v) is 7.19. The molecule has 2 aromatic rings. The average Bonchev–Trinajstić information content (AvgIpc) is 2.89. The average molecular weight is 341 g/mol. The summed E-state index contributed by atoms with van der Waals surface area (Å²) in [6.07, 6.45) is 1.95. The van der Waals surface area contributed by atoms with E-state index in [2.05, 4.69) is 38.0 Å². The second-order valence-electron chi connectivity index (χ2n) is 7.19. The molecule has 1 aromatic carbocycles. The SMILES string of the molecule is CCc1cccc(OC2CN(C(=O)c3cc(CC(C)C)nn3C)C2)c1. The highest BCUT2D eigenvalue weighted by Gasteiger charge is 2.34. The topological polar surface area (TPSA) is 47.4 Å². The Balaban J connectivity index is 1.57. The van der Waals surface area contributed by atoms with Crippen molar-refractivity contribution < 1.29 is 9.53 Å². The van der Waals surface area contributed by atoms with Crippen LogP contribution in [0.3, 0.4) is 0 Å². The number of carbonyl (C=O) groups excluding carboxylic acids is 1. The van der Waals surface area contributed by atoms with Gasteiger partial charge in [0, 0.05) is 7.05 Å². The summed E-state index contributed by atoms with van der Waals surface area (Å²) in [5.74, 6) is 1.45. The fraction of sp³-hybridized carbons (Fsp3) is 0.500. The predicted molar refractivity (Wildman–Crippen MR) is 97.9 cm³/mol. The molecule has 0 bridgehead atoms. The molecule has 1 aromatic heterocycles. The molecule has 0 radical (unpaired) electrons. The molecule has 3 rings (SSSR count). The molecule has 0 N–H and O–H groups in total. The maximum atomic E-state index is 12.7. The number of rotatable bonds is 6. The first-order chi connectivity index (χ1) is 12.0. The molecule has 1 aliphatic rings. The van der Waals surface area contributed by atoms with E-state index < -0.39 is 0 Å². The van der Waals surface area contributed by atoms with E-state index in [4.69, 9.17) is 4.74 Å². The predicted octanol–water partition coefficient (Wildman–Crippen LogP) is 3.08. The summed E-state index contributed by atoms with van der Waals surface area (Å²) in [4.78, 5) is 14.5. The number of nitrogens with zero attached hydrogens (tertiary/aromatic N) is 3. The van der Waals surface area contributed by atoms with Gasteiger partial charge in [0.05, 0.1) is 18.8 Å². The van der Waals surface area contributed by atoms with Crippen molar-refractivity contribution in [1.29, 1.82) is 0 Å². The number of ether oxygens (including phenoxy) is 1. The maximum absolute atomic E-state index is 12.7. The summed E-state index contributed by atoms with van der Waals surface area (Å²) in [7, 11) is 1.83. The van der Waals surface area contributed by atoms with Gasteiger partial charge in [-0.05, 0) is 42.5 Å². The van der Waals surface area contributed by atoms with Crippen molar-refractivity contribution in [3.63, 3.8) is 0 Å². The molecule has 134 valence electrons. The van der Waals surface area contributed by atoms with Gasteiger partial charge in [-0.25, -0.2) is 0 Å². The zero-order valence-corrected chi connectivity index (χ0v) is 15.5. The van der Waals surface area contributed by atoms with Gasteiger partial charge in [-0.1, -0.05) is 32.9 Å². The number of aryl methyl sites for hydroxylation is 2. The lowest BCUT2D eigenvalue weighted by atomic mass is 10.1. The van der Waals surface area contributed by atoms with Crippen LogP contribution in [0, 0.1) is 5.92 Å². The highest BCUT2D eigenvalue weighted by Crippen LogP contribution is 2.21. The molecule has 25 heavy (non-hydrogen) atoms. The first kappa shape index (κ1) is 17.5. The van der Waals surface area contributed by atoms with E-state index in [1.165, 1.54) is 5.56 Å². The van der Waals surface area contributed by atoms with Crippen molar-refractivity contribution in [3.8, 4) is 5.75 Å². The number of likely N-dealkylation sites (tertiary alicyclic amines) is 1. The van der Waals surface area contributed by atoms with Gasteiger partial charge in [0.25, 0.3) is 5.91 Å². The fourth-order valence-electron chi connectivity index (χ4n) is 3.12. The smallest absolute Gasteiger partial charge is 0.272 e. The minimum absolute atomic E-state index is 0.0344. The number of hydrogen-bond donors (Lipinski definition) is 0. The molecule has 1 amide bonds. The molecule has 2 heterocycles. The summed E-state index contributed by atoms with van der Waals surface area (Å²) in [6.45, 7) is 7.69. The largest absolute Gasteiger partial charge is 0.487 e. The Morgan fingerprint density at radius 3 is 2.76 bits per heavy atom. The van der Waals surface area contributed by atoms with Crippen LogP contribution in [0.25, 0.3) is 0 Å². The number of hydrogen-bond acceptors (Lipinski definition) is 3. The zero-order chi connectivity index (χ0) is 18.0. The van der Waals surface area contributed by atoms with Crippen LogP contribution < -0.4 is 4.74 Å². The van der Waals surface area contributed by atoms with E-state index in [0.29, 0.717) is 24.7 Å². The third-order valence-electron chi connectivity index (χ3n) is 4.51. The van der Waals surface area contributed by atoms with Crippen molar-refractivity contribution in [3.05, 3.63) is 47.3 Å². The van der Waals surface area contributed by atoms with Gasteiger partial charge in [-0.2, -0.15) is 5.10 Å². The molecule has 0 spiro atoms. The molecule has 1 aliphatic heterocycles. The second kappa shape index (κ2) is 7.30. The van der Waals surface area contributed by atoms with Crippen LogP contribution in [-0.2, 0) is 19.9 Å². The normalized spacial score (nSPS) is 14.7. The van der Waals surface area contributed by atoms with Crippen molar-refractivity contribution >= 4 is 5.91 Å². The Hall–Kier alpha value is -2.30. The third-order valence-corrected chi connectivity index (χ3v) is 4.51. The van der Waals surface area contributed by atoms with Crippen LogP contribution in [0.1, 0.15) is 42.5 Å². The van der Waals surface area contributed by atoms with Crippen LogP contribution in [0.2, 0.25) is 0 Å². The number of aromatic nitrogens is 2. The molecule has 5 nitrogen and oxygen atoms in total. The third kappa shape index (κ3) is 4.03. The molecule has 0 unspecified atom stereocenters. The molecular weight excluding hydrogens is 314 g/mol. The van der Waals surface area contributed by atoms with Crippen LogP contribution in [0.5, 0.6) is 5.75 Å². The van der Waals surface area contributed by atoms with Gasteiger partial charge in [-0.15, -0.1) is 0 Å².